The summed E-state index contributed by atoms with van der Waals surface area (Å²) in [5.41, 5.74) is 1.72. The van der Waals surface area contributed by atoms with Crippen molar-refractivity contribution in [2.45, 2.75) is 122 Å². The van der Waals surface area contributed by atoms with Crippen LogP contribution in [0.1, 0.15) is 90.5 Å². The monoisotopic (exact) mass is 637 g/mol. The first kappa shape index (κ1) is 35.1. The maximum absolute atomic E-state index is 14.1. The Bertz CT molecular complexity index is 1390. The quantitative estimate of drug-likeness (QED) is 0.248. The molecule has 11 heteroatoms. The largest absolute Gasteiger partial charge is 0.395 e. The molecule has 2 aliphatic rings. The van der Waals surface area contributed by atoms with Crippen LogP contribution in [0.2, 0.25) is 0 Å². The number of hydrogen-bond acceptors (Lipinski definition) is 6. The van der Waals surface area contributed by atoms with Gasteiger partial charge in [-0.3, -0.25) is 24.0 Å². The van der Waals surface area contributed by atoms with Crippen molar-refractivity contribution in [1.82, 2.24) is 25.4 Å². The number of rotatable bonds is 13. The summed E-state index contributed by atoms with van der Waals surface area (Å²) in [5.74, 6) is -1.53. The smallest absolute Gasteiger partial charge is 0.246 e. The molecular weight excluding hydrogens is 586 g/mol. The van der Waals surface area contributed by atoms with Crippen LogP contribution in [0, 0.1) is 5.92 Å². The van der Waals surface area contributed by atoms with Crippen LogP contribution in [0.3, 0.4) is 0 Å². The number of Topliss-reactive ketones (excluding diaryl/α,β-unsaturated/α-hetero) is 1. The van der Waals surface area contributed by atoms with Crippen LogP contribution in [-0.2, 0) is 36.9 Å². The Hall–Kier alpha value is -3.73. The minimum absolute atomic E-state index is 0.0526. The zero-order chi connectivity index (χ0) is 33.2. The number of aliphatic hydroxyl groups is 1. The number of benzene rings is 1. The first-order chi connectivity index (χ1) is 22.2. The van der Waals surface area contributed by atoms with E-state index in [2.05, 4.69) is 16.0 Å². The third-order valence-electron chi connectivity index (χ3n) is 9.61. The molecule has 2 fully saturated rings. The zero-order valence-electron chi connectivity index (χ0n) is 27.6. The predicted octanol–water partition coefficient (Wildman–Crippen LogP) is 3.00. The van der Waals surface area contributed by atoms with Crippen molar-refractivity contribution in [2.24, 2.45) is 5.92 Å². The number of unbranched alkanes of at least 4 members (excludes halogenated alkanes) is 2. The number of aliphatic hydroxyl groups excluding tert-OH is 1. The molecule has 2 saturated heterocycles. The average Bonchev–Trinajstić information content (AvgIpc) is 3.41. The lowest BCUT2D eigenvalue weighted by molar-refractivity contribution is -0.147. The highest BCUT2D eigenvalue weighted by Gasteiger charge is 2.40. The number of piperidine rings is 1. The number of hydrogen-bond donors (Lipinski definition) is 4. The Kier molecular flexibility index (Phi) is 12.8. The standard InChI is InChI=1S/C35H51N5O6/c1-4-23(3)31-35(46)40-18-12-11-17-30(40)34(45)36-27(15-8-6-7-13-25(42)5-2)32(43)37-28(33(44)38-31)21-24-22-39(19-20-41)29-16-10-9-14-26(24)29/h9-10,14,16,22-23,27-28,30-31,41H,4-8,11-13,15,17-21H2,1-3H3,(H,36,45)(H,37,43)(H,38,44)/t23?,27-,28-,30?,31-/m0/s1. The average molecular weight is 638 g/mol. The van der Waals surface area contributed by atoms with Crippen molar-refractivity contribution >= 4 is 40.3 Å². The predicted molar refractivity (Wildman–Crippen MR) is 176 cm³/mol. The lowest BCUT2D eigenvalue weighted by Crippen LogP contribution is -2.64. The van der Waals surface area contributed by atoms with Crippen LogP contribution in [0.5, 0.6) is 0 Å². The summed E-state index contributed by atoms with van der Waals surface area (Å²) in [7, 11) is 0. The molecule has 11 nitrogen and oxygen atoms in total. The van der Waals surface area contributed by atoms with Crippen LogP contribution >= 0.6 is 0 Å². The summed E-state index contributed by atoms with van der Waals surface area (Å²) in [6, 6.07) is 4.23. The molecule has 1 aromatic heterocycles. The van der Waals surface area contributed by atoms with E-state index in [-0.39, 0.29) is 36.5 Å². The molecule has 4 amide bonds. The summed E-state index contributed by atoms with van der Waals surface area (Å²) in [5, 5.41) is 19.4. The van der Waals surface area contributed by atoms with Crippen LogP contribution < -0.4 is 16.0 Å². The number of nitrogens with zero attached hydrogens (tertiary/aromatic N) is 2. The molecular formula is C35H51N5O6. The van der Waals surface area contributed by atoms with Crippen LogP contribution in [0.25, 0.3) is 10.9 Å². The fraction of sp³-hybridized carbons (Fsp3) is 0.629. The van der Waals surface area contributed by atoms with Gasteiger partial charge in [-0.2, -0.15) is 0 Å². The summed E-state index contributed by atoms with van der Waals surface area (Å²) in [4.78, 5) is 69.2. The third-order valence-corrected chi connectivity index (χ3v) is 9.61. The number of carbonyl (C=O) groups excluding carboxylic acids is 5. The molecule has 2 aromatic rings. The van der Waals surface area contributed by atoms with Crippen molar-refractivity contribution < 1.29 is 29.1 Å². The summed E-state index contributed by atoms with van der Waals surface area (Å²) in [6.45, 7) is 6.45. The Morgan fingerprint density at radius 3 is 2.43 bits per heavy atom. The molecule has 5 atom stereocenters. The number of amides is 4. The minimum atomic E-state index is -1.02. The molecule has 0 bridgehead atoms. The van der Waals surface area contributed by atoms with E-state index in [4.69, 9.17) is 0 Å². The van der Waals surface area contributed by atoms with E-state index in [1.165, 1.54) is 0 Å². The van der Waals surface area contributed by atoms with Crippen molar-refractivity contribution in [1.29, 1.82) is 0 Å². The number of fused-ring (bicyclic) bond motifs is 2. The van der Waals surface area contributed by atoms with E-state index in [9.17, 15) is 29.1 Å². The van der Waals surface area contributed by atoms with E-state index in [0.717, 1.165) is 35.7 Å². The summed E-state index contributed by atoms with van der Waals surface area (Å²) < 4.78 is 1.92. The van der Waals surface area contributed by atoms with Crippen LogP contribution in [-0.4, -0.2) is 81.3 Å². The normalized spacial score (nSPS) is 23.5. The van der Waals surface area contributed by atoms with Gasteiger partial charge in [-0.25, -0.2) is 0 Å². The number of ketones is 1. The van der Waals surface area contributed by atoms with Crippen molar-refractivity contribution in [3.63, 3.8) is 0 Å². The summed E-state index contributed by atoms with van der Waals surface area (Å²) >= 11 is 0. The third kappa shape index (κ3) is 8.54. The number of carbonyl (C=O) groups is 5. The van der Waals surface area contributed by atoms with Crippen molar-refractivity contribution in [3.8, 4) is 0 Å². The Labute approximate surface area is 271 Å². The molecule has 46 heavy (non-hydrogen) atoms. The number of aromatic nitrogens is 1. The lowest BCUT2D eigenvalue weighted by Gasteiger charge is -2.39. The Morgan fingerprint density at radius 2 is 1.70 bits per heavy atom. The molecule has 2 aliphatic heterocycles. The highest BCUT2D eigenvalue weighted by atomic mass is 16.3. The summed E-state index contributed by atoms with van der Waals surface area (Å²) in [6.07, 6.45) is 8.11. The van der Waals surface area contributed by atoms with E-state index in [1.807, 2.05) is 55.8 Å². The maximum Gasteiger partial charge on any atom is 0.246 e. The van der Waals surface area contributed by atoms with Gasteiger partial charge in [0, 0.05) is 49.5 Å². The molecule has 4 N–H and O–H groups in total. The van der Waals surface area contributed by atoms with Crippen molar-refractivity contribution in [3.05, 3.63) is 36.0 Å². The van der Waals surface area contributed by atoms with Gasteiger partial charge in [-0.1, -0.05) is 58.2 Å². The van der Waals surface area contributed by atoms with Gasteiger partial charge in [0.25, 0.3) is 0 Å². The molecule has 1 aromatic carbocycles. The number of para-hydroxylation sites is 1. The second-order valence-electron chi connectivity index (χ2n) is 12.8. The topological polar surface area (TPSA) is 150 Å². The van der Waals surface area contributed by atoms with Gasteiger partial charge in [0.2, 0.25) is 23.6 Å². The highest BCUT2D eigenvalue weighted by molar-refractivity contribution is 5.98. The van der Waals surface area contributed by atoms with Gasteiger partial charge in [-0.15, -0.1) is 0 Å². The van der Waals surface area contributed by atoms with Crippen molar-refractivity contribution in [2.75, 3.05) is 13.2 Å². The fourth-order valence-corrected chi connectivity index (χ4v) is 6.62. The second kappa shape index (κ2) is 16.7. The van der Waals surface area contributed by atoms with E-state index >= 15 is 0 Å². The SMILES string of the molecule is CCC(=O)CCCCC[C@@H]1NC(=O)C2CCCCN2C(=O)[C@H](C(C)CC)NC(=O)[C@H](Cc2cn(CCO)c3ccccc23)NC1=O. The molecule has 0 radical (unpaired) electrons. The van der Waals surface area contributed by atoms with Gasteiger partial charge in [0.15, 0.2) is 0 Å². The molecule has 4 rings (SSSR count). The molecule has 3 heterocycles. The Balaban J connectivity index is 1.67. The lowest BCUT2D eigenvalue weighted by atomic mass is 9.93. The van der Waals surface area contributed by atoms with Gasteiger partial charge in [0.1, 0.15) is 30.0 Å². The second-order valence-corrected chi connectivity index (χ2v) is 12.8. The Morgan fingerprint density at radius 1 is 0.957 bits per heavy atom. The minimum Gasteiger partial charge on any atom is -0.395 e. The highest BCUT2D eigenvalue weighted by Crippen LogP contribution is 2.25. The number of nitrogens with one attached hydrogen (secondary N) is 3. The molecule has 2 unspecified atom stereocenters. The van der Waals surface area contributed by atoms with Gasteiger partial charge in [-0.05, 0) is 49.7 Å². The van der Waals surface area contributed by atoms with Crippen LogP contribution in [0.4, 0.5) is 0 Å². The van der Waals surface area contributed by atoms with Gasteiger partial charge < -0.3 is 30.5 Å². The van der Waals surface area contributed by atoms with E-state index < -0.39 is 36.0 Å². The first-order valence-corrected chi connectivity index (χ1v) is 17.1. The molecule has 0 saturated carbocycles. The first-order valence-electron chi connectivity index (χ1n) is 17.1. The van der Waals surface area contributed by atoms with E-state index in [1.54, 1.807) is 4.90 Å². The zero-order valence-corrected chi connectivity index (χ0v) is 27.6. The maximum atomic E-state index is 14.1. The van der Waals surface area contributed by atoms with Gasteiger partial charge >= 0.3 is 0 Å². The molecule has 252 valence electrons. The van der Waals surface area contributed by atoms with Crippen LogP contribution in [0.15, 0.2) is 30.5 Å². The van der Waals surface area contributed by atoms with Gasteiger partial charge in [0.05, 0.1) is 6.61 Å². The fourth-order valence-electron chi connectivity index (χ4n) is 6.62. The molecule has 0 aliphatic carbocycles. The molecule has 0 spiro atoms. The van der Waals surface area contributed by atoms with E-state index in [0.29, 0.717) is 58.0 Å².